The largest absolute Gasteiger partial charge is 0.462 e. The summed E-state index contributed by atoms with van der Waals surface area (Å²) >= 11 is 0. The van der Waals surface area contributed by atoms with E-state index in [1.54, 1.807) is 25.1 Å². The second kappa shape index (κ2) is 5.88. The highest BCUT2D eigenvalue weighted by Gasteiger charge is 2.43. The molecule has 2 fully saturated rings. The molecule has 4 nitrogen and oxygen atoms in total. The number of fused-ring (bicyclic) bond motifs is 2. The molecule has 1 amide bonds. The van der Waals surface area contributed by atoms with Gasteiger partial charge >= 0.3 is 5.97 Å². The molecule has 112 valence electrons. The molecule has 3 rings (SSSR count). The van der Waals surface area contributed by atoms with Crippen LogP contribution in [-0.2, 0) is 9.53 Å². The van der Waals surface area contributed by atoms with Crippen molar-refractivity contribution in [1.29, 1.82) is 0 Å². The average Bonchev–Trinajstić information content (AvgIpc) is 3.10. The monoisotopic (exact) mass is 287 g/mol. The van der Waals surface area contributed by atoms with E-state index in [2.05, 4.69) is 5.32 Å². The second-order valence-electron chi connectivity index (χ2n) is 6.04. The Morgan fingerprint density at radius 2 is 2.05 bits per heavy atom. The molecule has 2 aliphatic rings. The summed E-state index contributed by atoms with van der Waals surface area (Å²) < 4.78 is 5.03. The van der Waals surface area contributed by atoms with E-state index >= 15 is 0 Å². The van der Waals surface area contributed by atoms with Crippen molar-refractivity contribution in [2.24, 2.45) is 17.8 Å². The number of amides is 1. The zero-order valence-corrected chi connectivity index (χ0v) is 12.3. The molecule has 3 atom stereocenters. The Balaban J connectivity index is 1.73. The number of benzene rings is 1. The van der Waals surface area contributed by atoms with Gasteiger partial charge in [-0.3, -0.25) is 4.79 Å². The van der Waals surface area contributed by atoms with Gasteiger partial charge in [-0.05, 0) is 50.2 Å². The molecular weight excluding hydrogens is 266 g/mol. The van der Waals surface area contributed by atoms with Gasteiger partial charge < -0.3 is 10.1 Å². The SMILES string of the molecule is CCOC(=O)c1ccccc1NC(=O)C1CC2CCC1C2. The van der Waals surface area contributed by atoms with Crippen LogP contribution in [0.15, 0.2) is 24.3 Å². The number of carbonyl (C=O) groups is 2. The Hall–Kier alpha value is -1.84. The molecule has 0 aliphatic heterocycles. The number of carbonyl (C=O) groups excluding carboxylic acids is 2. The van der Waals surface area contributed by atoms with Gasteiger partial charge in [0.1, 0.15) is 0 Å². The van der Waals surface area contributed by atoms with E-state index in [0.29, 0.717) is 23.8 Å². The molecule has 4 heteroatoms. The van der Waals surface area contributed by atoms with E-state index in [4.69, 9.17) is 4.74 Å². The average molecular weight is 287 g/mol. The number of para-hydroxylation sites is 1. The Kier molecular flexibility index (Phi) is 3.95. The molecule has 2 aliphatic carbocycles. The van der Waals surface area contributed by atoms with Gasteiger partial charge in [0.2, 0.25) is 5.91 Å². The van der Waals surface area contributed by atoms with E-state index < -0.39 is 0 Å². The van der Waals surface area contributed by atoms with Gasteiger partial charge in [0, 0.05) is 5.92 Å². The predicted octanol–water partition coefficient (Wildman–Crippen LogP) is 3.24. The van der Waals surface area contributed by atoms with Crippen LogP contribution in [-0.4, -0.2) is 18.5 Å². The third-order valence-corrected chi connectivity index (χ3v) is 4.76. The van der Waals surface area contributed by atoms with E-state index in [1.165, 1.54) is 19.3 Å². The van der Waals surface area contributed by atoms with E-state index in [-0.39, 0.29) is 17.8 Å². The van der Waals surface area contributed by atoms with Gasteiger partial charge in [0.25, 0.3) is 0 Å². The molecule has 0 heterocycles. The van der Waals surface area contributed by atoms with Gasteiger partial charge in [-0.25, -0.2) is 4.79 Å². The Bertz CT molecular complexity index is 555. The predicted molar refractivity (Wildman–Crippen MR) is 80.0 cm³/mol. The molecule has 1 aromatic rings. The first-order valence-electron chi connectivity index (χ1n) is 7.76. The molecule has 2 saturated carbocycles. The van der Waals surface area contributed by atoms with Crippen LogP contribution in [0.2, 0.25) is 0 Å². The molecule has 0 aromatic heterocycles. The van der Waals surface area contributed by atoms with E-state index in [9.17, 15) is 9.59 Å². The Labute approximate surface area is 124 Å². The fourth-order valence-corrected chi connectivity index (χ4v) is 3.77. The minimum Gasteiger partial charge on any atom is -0.462 e. The molecule has 2 bridgehead atoms. The highest BCUT2D eigenvalue weighted by atomic mass is 16.5. The molecule has 0 radical (unpaired) electrons. The third-order valence-electron chi connectivity index (χ3n) is 4.76. The van der Waals surface area contributed by atoms with Crippen molar-refractivity contribution in [3.63, 3.8) is 0 Å². The summed E-state index contributed by atoms with van der Waals surface area (Å²) in [7, 11) is 0. The number of anilines is 1. The number of hydrogen-bond acceptors (Lipinski definition) is 3. The lowest BCUT2D eigenvalue weighted by Gasteiger charge is -2.21. The molecule has 3 unspecified atom stereocenters. The summed E-state index contributed by atoms with van der Waals surface area (Å²) in [6, 6.07) is 7.05. The van der Waals surface area contributed by atoms with Crippen LogP contribution in [0.4, 0.5) is 5.69 Å². The summed E-state index contributed by atoms with van der Waals surface area (Å²) in [5.74, 6) is 1.04. The van der Waals surface area contributed by atoms with Crippen molar-refractivity contribution in [1.82, 2.24) is 0 Å². The number of hydrogen-bond donors (Lipinski definition) is 1. The van der Waals surface area contributed by atoms with Gasteiger partial charge in [-0.15, -0.1) is 0 Å². The minimum absolute atomic E-state index is 0.0546. The minimum atomic E-state index is -0.388. The third kappa shape index (κ3) is 2.80. The molecular formula is C17H21NO3. The van der Waals surface area contributed by atoms with Gasteiger partial charge in [-0.1, -0.05) is 18.6 Å². The number of rotatable bonds is 4. The summed E-state index contributed by atoms with van der Waals surface area (Å²) in [6.07, 6.45) is 4.63. The molecule has 0 spiro atoms. The molecule has 1 aromatic carbocycles. The highest BCUT2D eigenvalue weighted by molar-refractivity contribution is 6.02. The lowest BCUT2D eigenvalue weighted by atomic mass is 9.88. The molecule has 1 N–H and O–H groups in total. The lowest BCUT2D eigenvalue weighted by molar-refractivity contribution is -0.121. The Morgan fingerprint density at radius 3 is 2.71 bits per heavy atom. The lowest BCUT2D eigenvalue weighted by Crippen LogP contribution is -2.28. The topological polar surface area (TPSA) is 55.4 Å². The maximum Gasteiger partial charge on any atom is 0.340 e. The first-order chi connectivity index (χ1) is 10.2. The standard InChI is InChI=1S/C17H21NO3/c1-2-21-17(20)13-5-3-4-6-15(13)18-16(19)14-10-11-7-8-12(14)9-11/h3-6,11-12,14H,2,7-10H2,1H3,(H,18,19). The fraction of sp³-hybridized carbons (Fsp3) is 0.529. The van der Waals surface area contributed by atoms with Crippen molar-refractivity contribution >= 4 is 17.6 Å². The molecule has 21 heavy (non-hydrogen) atoms. The summed E-state index contributed by atoms with van der Waals surface area (Å²) in [4.78, 5) is 24.4. The first kappa shape index (κ1) is 14.1. The summed E-state index contributed by atoms with van der Waals surface area (Å²) in [5, 5.41) is 2.94. The van der Waals surface area contributed by atoms with Crippen LogP contribution >= 0.6 is 0 Å². The maximum atomic E-state index is 12.5. The first-order valence-corrected chi connectivity index (χ1v) is 7.76. The Morgan fingerprint density at radius 1 is 1.24 bits per heavy atom. The van der Waals surface area contributed by atoms with Crippen LogP contribution in [0.1, 0.15) is 43.0 Å². The van der Waals surface area contributed by atoms with Crippen LogP contribution < -0.4 is 5.32 Å². The number of esters is 1. The zero-order chi connectivity index (χ0) is 14.8. The van der Waals surface area contributed by atoms with Crippen molar-refractivity contribution in [2.75, 3.05) is 11.9 Å². The summed E-state index contributed by atoms with van der Waals surface area (Å²) in [6.45, 7) is 2.10. The number of nitrogens with one attached hydrogen (secondary N) is 1. The van der Waals surface area contributed by atoms with Crippen molar-refractivity contribution in [2.45, 2.75) is 32.6 Å². The quantitative estimate of drug-likeness (QED) is 0.865. The van der Waals surface area contributed by atoms with E-state index in [1.807, 2.05) is 6.07 Å². The van der Waals surface area contributed by atoms with Gasteiger partial charge in [0.15, 0.2) is 0 Å². The van der Waals surface area contributed by atoms with Crippen molar-refractivity contribution < 1.29 is 14.3 Å². The zero-order valence-electron chi connectivity index (χ0n) is 12.3. The summed E-state index contributed by atoms with van der Waals surface area (Å²) in [5.41, 5.74) is 0.986. The van der Waals surface area contributed by atoms with Crippen LogP contribution in [0, 0.1) is 17.8 Å². The van der Waals surface area contributed by atoms with Gasteiger partial charge in [0.05, 0.1) is 17.9 Å². The molecule has 0 saturated heterocycles. The maximum absolute atomic E-state index is 12.5. The number of ether oxygens (including phenoxy) is 1. The smallest absolute Gasteiger partial charge is 0.340 e. The fourth-order valence-electron chi connectivity index (χ4n) is 3.77. The highest BCUT2D eigenvalue weighted by Crippen LogP contribution is 2.48. The second-order valence-corrected chi connectivity index (χ2v) is 6.04. The normalized spacial score (nSPS) is 26.6. The van der Waals surface area contributed by atoms with Gasteiger partial charge in [-0.2, -0.15) is 0 Å². The van der Waals surface area contributed by atoms with Crippen LogP contribution in [0.5, 0.6) is 0 Å². The van der Waals surface area contributed by atoms with Crippen LogP contribution in [0.25, 0.3) is 0 Å². The van der Waals surface area contributed by atoms with Crippen LogP contribution in [0.3, 0.4) is 0 Å². The van der Waals surface area contributed by atoms with Crippen molar-refractivity contribution in [3.05, 3.63) is 29.8 Å². The van der Waals surface area contributed by atoms with E-state index in [0.717, 1.165) is 12.3 Å². The van der Waals surface area contributed by atoms with Crippen molar-refractivity contribution in [3.8, 4) is 0 Å².